The topological polar surface area (TPSA) is 37.3 Å². The van der Waals surface area contributed by atoms with Gasteiger partial charge in [-0.05, 0) is 45.8 Å². The minimum absolute atomic E-state index is 0.0189. The van der Waals surface area contributed by atoms with Crippen LogP contribution in [0.15, 0.2) is 39.7 Å². The number of phenols is 1. The number of hydrogen-bond donors (Lipinski definition) is 1. The highest BCUT2D eigenvalue weighted by molar-refractivity contribution is 9.10. The number of phenolic OH excluding ortho intramolecular Hbond substituents is 1. The average molecular weight is 321 g/mol. The number of halogens is 1. The van der Waals surface area contributed by atoms with Crippen LogP contribution in [0.5, 0.6) is 5.75 Å². The fraction of sp³-hybridized carbons (Fsp3) is 0.0714. The zero-order chi connectivity index (χ0) is 12.7. The second-order valence-corrected chi connectivity index (χ2v) is 6.04. The van der Waals surface area contributed by atoms with Crippen molar-refractivity contribution in [2.45, 2.75) is 6.42 Å². The van der Waals surface area contributed by atoms with Gasteiger partial charge in [-0.25, -0.2) is 0 Å². The molecule has 1 heterocycles. The zero-order valence-electron chi connectivity index (χ0n) is 9.31. The van der Waals surface area contributed by atoms with Crippen molar-refractivity contribution in [3.8, 4) is 5.75 Å². The van der Waals surface area contributed by atoms with Crippen molar-refractivity contribution in [2.24, 2.45) is 0 Å². The quantitative estimate of drug-likeness (QED) is 0.805. The monoisotopic (exact) mass is 320 g/mol. The Hall–Kier alpha value is -1.39. The van der Waals surface area contributed by atoms with Crippen molar-refractivity contribution >= 4 is 39.1 Å². The Morgan fingerprint density at radius 1 is 1.33 bits per heavy atom. The Morgan fingerprint density at radius 2 is 2.17 bits per heavy atom. The second-order valence-electron chi connectivity index (χ2n) is 4.18. The molecule has 18 heavy (non-hydrogen) atoms. The van der Waals surface area contributed by atoms with Gasteiger partial charge >= 0.3 is 0 Å². The van der Waals surface area contributed by atoms with E-state index in [1.54, 1.807) is 23.5 Å². The number of carbonyl (C=O) groups is 1. The van der Waals surface area contributed by atoms with Crippen molar-refractivity contribution in [1.29, 1.82) is 0 Å². The fourth-order valence-corrected chi connectivity index (χ4v) is 3.48. The molecule has 1 aliphatic carbocycles. The molecule has 0 atom stereocenters. The average Bonchev–Trinajstić information content (AvgIpc) is 2.86. The first kappa shape index (κ1) is 11.7. The van der Waals surface area contributed by atoms with Crippen LogP contribution in [0.1, 0.15) is 20.8 Å². The number of rotatable bonds is 1. The maximum atomic E-state index is 12.2. The Kier molecular flexibility index (Phi) is 2.84. The van der Waals surface area contributed by atoms with Crippen LogP contribution in [0.25, 0.3) is 6.08 Å². The van der Waals surface area contributed by atoms with Gasteiger partial charge in [-0.1, -0.05) is 6.07 Å². The summed E-state index contributed by atoms with van der Waals surface area (Å²) in [7, 11) is 0. The van der Waals surface area contributed by atoms with Crippen LogP contribution >= 0.6 is 27.3 Å². The number of carbonyl (C=O) groups excluding carboxylic acids is 1. The number of Topliss-reactive ketones (excluding diaryl/α,β-unsaturated/α-hetero) is 1. The molecule has 1 N–H and O–H groups in total. The maximum Gasteiger partial charge on any atom is 0.189 e. The number of hydrogen-bond acceptors (Lipinski definition) is 3. The first-order valence-electron chi connectivity index (χ1n) is 5.45. The SMILES string of the molecule is O=C1/C(=C/c2cc(Br)cs2)Cc2ccc(O)cc21. The third-order valence-corrected chi connectivity index (χ3v) is 4.56. The van der Waals surface area contributed by atoms with Crippen LogP contribution in [0.3, 0.4) is 0 Å². The van der Waals surface area contributed by atoms with Gasteiger partial charge in [0.2, 0.25) is 0 Å². The van der Waals surface area contributed by atoms with E-state index in [1.165, 1.54) is 0 Å². The number of ketones is 1. The smallest absolute Gasteiger partial charge is 0.189 e. The first-order chi connectivity index (χ1) is 8.63. The minimum atomic E-state index is 0.0189. The molecular formula is C14H9BrO2S. The van der Waals surface area contributed by atoms with Gasteiger partial charge in [0.05, 0.1) is 0 Å². The van der Waals surface area contributed by atoms with Gasteiger partial charge in [-0.2, -0.15) is 0 Å². The summed E-state index contributed by atoms with van der Waals surface area (Å²) in [6.45, 7) is 0. The van der Waals surface area contributed by atoms with Crippen molar-refractivity contribution in [2.75, 3.05) is 0 Å². The van der Waals surface area contributed by atoms with Crippen LogP contribution in [-0.4, -0.2) is 10.9 Å². The van der Waals surface area contributed by atoms with Crippen LogP contribution < -0.4 is 0 Å². The molecule has 2 nitrogen and oxygen atoms in total. The van der Waals surface area contributed by atoms with Crippen molar-refractivity contribution in [3.05, 3.63) is 55.7 Å². The fourth-order valence-electron chi connectivity index (χ4n) is 2.08. The summed E-state index contributed by atoms with van der Waals surface area (Å²) in [6.07, 6.45) is 2.57. The lowest BCUT2D eigenvalue weighted by Gasteiger charge is -1.95. The van der Waals surface area contributed by atoms with Crippen molar-refractivity contribution < 1.29 is 9.90 Å². The van der Waals surface area contributed by atoms with E-state index in [0.717, 1.165) is 20.5 Å². The Bertz CT molecular complexity index is 670. The molecule has 0 fully saturated rings. The van der Waals surface area contributed by atoms with Gasteiger partial charge < -0.3 is 5.11 Å². The van der Waals surface area contributed by atoms with E-state index in [0.29, 0.717) is 12.0 Å². The molecule has 0 saturated heterocycles. The van der Waals surface area contributed by atoms with Crippen LogP contribution in [0.4, 0.5) is 0 Å². The van der Waals surface area contributed by atoms with E-state index in [4.69, 9.17) is 0 Å². The highest BCUT2D eigenvalue weighted by Gasteiger charge is 2.25. The normalized spacial score (nSPS) is 16.3. The third kappa shape index (κ3) is 2.02. The summed E-state index contributed by atoms with van der Waals surface area (Å²) >= 11 is 4.99. The number of allylic oxidation sites excluding steroid dienone is 1. The summed E-state index contributed by atoms with van der Waals surface area (Å²) in [5, 5.41) is 11.4. The van der Waals surface area contributed by atoms with Crippen molar-refractivity contribution in [1.82, 2.24) is 0 Å². The van der Waals surface area contributed by atoms with Gasteiger partial charge in [0.15, 0.2) is 5.78 Å². The number of aromatic hydroxyl groups is 1. The van der Waals surface area contributed by atoms with Gasteiger partial charge in [0.25, 0.3) is 0 Å². The number of benzene rings is 1. The van der Waals surface area contributed by atoms with E-state index in [2.05, 4.69) is 15.9 Å². The largest absolute Gasteiger partial charge is 0.508 e. The standard InChI is InChI=1S/C14H9BrO2S/c15-10-5-12(18-7-10)4-9-3-8-1-2-11(16)6-13(8)14(9)17/h1-2,4-7,16H,3H2/b9-4+. The highest BCUT2D eigenvalue weighted by atomic mass is 79.9. The molecule has 0 radical (unpaired) electrons. The van der Waals surface area contributed by atoms with E-state index < -0.39 is 0 Å². The molecule has 0 amide bonds. The molecule has 1 aromatic carbocycles. The lowest BCUT2D eigenvalue weighted by molar-refractivity contribution is 0.104. The van der Waals surface area contributed by atoms with Gasteiger partial charge in [0, 0.05) is 32.3 Å². The van der Waals surface area contributed by atoms with Crippen molar-refractivity contribution in [3.63, 3.8) is 0 Å². The zero-order valence-corrected chi connectivity index (χ0v) is 11.7. The Labute approximate surface area is 117 Å². The second kappa shape index (κ2) is 4.37. The summed E-state index contributed by atoms with van der Waals surface area (Å²) in [4.78, 5) is 13.2. The van der Waals surface area contributed by atoms with E-state index in [1.807, 2.05) is 23.6 Å². The molecule has 1 aromatic heterocycles. The summed E-state index contributed by atoms with van der Waals surface area (Å²) < 4.78 is 1.03. The predicted octanol–water partition coefficient (Wildman–Crippen LogP) is 4.04. The number of fused-ring (bicyclic) bond motifs is 1. The summed E-state index contributed by atoms with van der Waals surface area (Å²) in [6, 6.07) is 6.97. The minimum Gasteiger partial charge on any atom is -0.508 e. The third-order valence-electron chi connectivity index (χ3n) is 2.91. The molecule has 0 spiro atoms. The van der Waals surface area contributed by atoms with Gasteiger partial charge in [-0.15, -0.1) is 11.3 Å². The Morgan fingerprint density at radius 3 is 2.89 bits per heavy atom. The molecule has 3 rings (SSSR count). The molecule has 0 aliphatic heterocycles. The summed E-state index contributed by atoms with van der Waals surface area (Å²) in [5.41, 5.74) is 2.39. The highest BCUT2D eigenvalue weighted by Crippen LogP contribution is 2.31. The van der Waals surface area contributed by atoms with E-state index >= 15 is 0 Å². The van der Waals surface area contributed by atoms with Crippen LogP contribution in [-0.2, 0) is 6.42 Å². The Balaban J connectivity index is 1.99. The molecule has 90 valence electrons. The molecule has 0 saturated carbocycles. The maximum absolute atomic E-state index is 12.2. The lowest BCUT2D eigenvalue weighted by atomic mass is 10.1. The van der Waals surface area contributed by atoms with E-state index in [-0.39, 0.29) is 11.5 Å². The molecule has 0 unspecified atom stereocenters. The molecule has 4 heteroatoms. The summed E-state index contributed by atoms with van der Waals surface area (Å²) in [5.74, 6) is 0.160. The van der Waals surface area contributed by atoms with Crippen LogP contribution in [0, 0.1) is 0 Å². The van der Waals surface area contributed by atoms with Gasteiger partial charge in [0.1, 0.15) is 5.75 Å². The predicted molar refractivity (Wildman–Crippen MR) is 76.1 cm³/mol. The van der Waals surface area contributed by atoms with Gasteiger partial charge in [-0.3, -0.25) is 4.79 Å². The van der Waals surface area contributed by atoms with E-state index in [9.17, 15) is 9.90 Å². The van der Waals surface area contributed by atoms with Crippen LogP contribution in [0.2, 0.25) is 0 Å². The molecule has 2 aromatic rings. The first-order valence-corrected chi connectivity index (χ1v) is 7.12. The molecular weight excluding hydrogens is 312 g/mol. The molecule has 0 bridgehead atoms. The number of thiophene rings is 1. The molecule has 1 aliphatic rings. The lowest BCUT2D eigenvalue weighted by Crippen LogP contribution is -1.94.